The van der Waals surface area contributed by atoms with Gasteiger partial charge in [0.2, 0.25) is 6.17 Å². The molecule has 6 rings (SSSR count). The van der Waals surface area contributed by atoms with Crippen molar-refractivity contribution in [2.75, 3.05) is 41.8 Å². The number of pyridine rings is 1. The first-order valence-corrected chi connectivity index (χ1v) is 13.7. The summed E-state index contributed by atoms with van der Waals surface area (Å²) in [5.41, 5.74) is 2.96. The molecule has 4 aromatic rings. The first-order chi connectivity index (χ1) is 19.7. The van der Waals surface area contributed by atoms with Crippen molar-refractivity contribution in [3.05, 3.63) is 75.9 Å². The minimum Gasteiger partial charge on any atom is -0.422 e. The Bertz CT molecular complexity index is 1630. The second-order valence-electron chi connectivity index (χ2n) is 9.59. The molecule has 9 nitrogen and oxygen atoms in total. The Morgan fingerprint density at radius 3 is 2.59 bits per heavy atom. The van der Waals surface area contributed by atoms with Crippen LogP contribution in [-0.4, -0.2) is 54.1 Å². The number of fused-ring (bicyclic) bond motifs is 1. The number of benzene rings is 1. The van der Waals surface area contributed by atoms with Gasteiger partial charge in [0.25, 0.3) is 11.9 Å². The zero-order valence-electron chi connectivity index (χ0n) is 22.1. The zero-order chi connectivity index (χ0) is 28.7. The number of thiophene rings is 1. The van der Waals surface area contributed by atoms with Crippen molar-refractivity contribution in [1.82, 2.24) is 9.97 Å². The van der Waals surface area contributed by atoms with Crippen LogP contribution in [-0.2, 0) is 15.7 Å². The van der Waals surface area contributed by atoms with Crippen molar-refractivity contribution in [2.45, 2.75) is 26.2 Å². The van der Waals surface area contributed by atoms with E-state index in [0.29, 0.717) is 37.0 Å². The van der Waals surface area contributed by atoms with Gasteiger partial charge in [0.05, 0.1) is 36.4 Å². The molecule has 1 saturated heterocycles. The molecule has 1 amide bonds. The molecule has 2 aliphatic heterocycles. The molecule has 2 N–H and O–H groups in total. The quantitative estimate of drug-likeness (QED) is 0.320. The lowest BCUT2D eigenvalue weighted by atomic mass is 10.00. The van der Waals surface area contributed by atoms with E-state index < -0.39 is 23.8 Å². The predicted octanol–water partition coefficient (Wildman–Crippen LogP) is 5.50. The van der Waals surface area contributed by atoms with E-state index in [-0.39, 0.29) is 23.2 Å². The topological polar surface area (TPSA) is 105 Å². The van der Waals surface area contributed by atoms with Crippen LogP contribution in [0.5, 0.6) is 0 Å². The van der Waals surface area contributed by atoms with Gasteiger partial charge in [-0.1, -0.05) is 30.3 Å². The van der Waals surface area contributed by atoms with Crippen molar-refractivity contribution in [1.29, 1.82) is 0 Å². The Balaban J connectivity index is 1.35. The first kappa shape index (κ1) is 27.0. The van der Waals surface area contributed by atoms with Crippen LogP contribution >= 0.6 is 11.3 Å². The highest BCUT2D eigenvalue weighted by Crippen LogP contribution is 2.38. The maximum Gasteiger partial charge on any atom is 0.417 e. The number of halogens is 3. The van der Waals surface area contributed by atoms with Gasteiger partial charge in [0, 0.05) is 35.3 Å². The summed E-state index contributed by atoms with van der Waals surface area (Å²) in [5.74, 6) is -0.255. The number of carbonyl (C=O) groups excluding carboxylic acids is 1. The van der Waals surface area contributed by atoms with Crippen LogP contribution in [0.15, 0.2) is 58.2 Å². The van der Waals surface area contributed by atoms with E-state index in [0.717, 1.165) is 33.8 Å². The first-order valence-electron chi connectivity index (χ1n) is 12.9. The average molecular weight is 583 g/mol. The number of ether oxygens (including phenoxy) is 1. The van der Waals surface area contributed by atoms with Crippen LogP contribution in [0, 0.1) is 13.8 Å². The fourth-order valence-electron chi connectivity index (χ4n) is 4.76. The molecule has 212 valence electrons. The highest BCUT2D eigenvalue weighted by atomic mass is 32.1. The third-order valence-corrected chi connectivity index (χ3v) is 8.08. The number of nitrogens with zero attached hydrogens (tertiary/aromatic N) is 4. The van der Waals surface area contributed by atoms with Crippen LogP contribution in [0.2, 0.25) is 0 Å². The number of hydrogen-bond donors (Lipinski definition) is 2. The standard InChI is InChI=1S/C28H25F3N6O3S/c1-15-16(2)41-26-21(15)22(17-6-4-3-5-7-17)34-24(25(38)36-26)35-27-33-14-20(40-27)23-19(37-8-10-39-11-9-37)12-18(13-32-23)28(29,30)31/h3-7,12-14,24H,8-11H2,1-2H3,(H,33,35)(H,36,38). The Kier molecular flexibility index (Phi) is 6.99. The molecule has 5 heterocycles. The molecule has 0 bridgehead atoms. The van der Waals surface area contributed by atoms with Crippen LogP contribution in [0.3, 0.4) is 0 Å². The van der Waals surface area contributed by atoms with Crippen molar-refractivity contribution in [2.24, 2.45) is 4.99 Å². The van der Waals surface area contributed by atoms with Gasteiger partial charge in [0.15, 0.2) is 5.76 Å². The monoisotopic (exact) mass is 582 g/mol. The number of hydrogen-bond acceptors (Lipinski definition) is 9. The highest BCUT2D eigenvalue weighted by Gasteiger charge is 2.34. The molecule has 13 heteroatoms. The molecule has 1 atom stereocenters. The van der Waals surface area contributed by atoms with E-state index in [1.165, 1.54) is 17.5 Å². The summed E-state index contributed by atoms with van der Waals surface area (Å²) in [4.78, 5) is 29.2. The maximum absolute atomic E-state index is 13.5. The van der Waals surface area contributed by atoms with Gasteiger partial charge >= 0.3 is 6.18 Å². The summed E-state index contributed by atoms with van der Waals surface area (Å²) in [6.07, 6.45) is -3.51. The number of nitrogens with one attached hydrogen (secondary N) is 2. The Hall–Kier alpha value is -4.23. The average Bonchev–Trinajstić information content (AvgIpc) is 3.50. The molecule has 0 aliphatic carbocycles. The smallest absolute Gasteiger partial charge is 0.417 e. The lowest BCUT2D eigenvalue weighted by Crippen LogP contribution is -2.36. The van der Waals surface area contributed by atoms with Gasteiger partial charge in [-0.05, 0) is 25.5 Å². The van der Waals surface area contributed by atoms with E-state index in [1.54, 1.807) is 4.90 Å². The minimum atomic E-state index is -4.55. The zero-order valence-corrected chi connectivity index (χ0v) is 22.9. The van der Waals surface area contributed by atoms with Crippen molar-refractivity contribution in [3.63, 3.8) is 0 Å². The molecule has 41 heavy (non-hydrogen) atoms. The number of oxazole rings is 1. The number of carbonyl (C=O) groups is 1. The molecular formula is C28H25F3N6O3S. The highest BCUT2D eigenvalue weighted by molar-refractivity contribution is 7.17. The van der Waals surface area contributed by atoms with E-state index in [4.69, 9.17) is 14.1 Å². The Morgan fingerprint density at radius 2 is 1.85 bits per heavy atom. The molecule has 1 fully saturated rings. The third kappa shape index (κ3) is 5.30. The molecule has 3 aromatic heterocycles. The predicted molar refractivity (Wildman–Crippen MR) is 150 cm³/mol. The van der Waals surface area contributed by atoms with Crippen LogP contribution in [0.1, 0.15) is 27.1 Å². The number of amides is 1. The van der Waals surface area contributed by atoms with E-state index in [1.807, 2.05) is 44.2 Å². The molecule has 0 radical (unpaired) electrons. The van der Waals surface area contributed by atoms with Gasteiger partial charge < -0.3 is 24.7 Å². The van der Waals surface area contributed by atoms with E-state index >= 15 is 0 Å². The maximum atomic E-state index is 13.5. The number of alkyl halides is 3. The number of aromatic nitrogens is 2. The summed E-state index contributed by atoms with van der Waals surface area (Å²) in [6, 6.07) is 10.6. The third-order valence-electron chi connectivity index (χ3n) is 6.96. The largest absolute Gasteiger partial charge is 0.422 e. The fourth-order valence-corrected chi connectivity index (χ4v) is 5.82. The molecule has 0 saturated carbocycles. The van der Waals surface area contributed by atoms with Gasteiger partial charge in [0.1, 0.15) is 10.7 Å². The molecule has 0 spiro atoms. The molecular weight excluding hydrogens is 557 g/mol. The second-order valence-corrected chi connectivity index (χ2v) is 10.8. The lowest BCUT2D eigenvalue weighted by molar-refractivity contribution is -0.137. The molecule has 2 aliphatic rings. The summed E-state index contributed by atoms with van der Waals surface area (Å²) in [6.45, 7) is 5.54. The normalized spacial score (nSPS) is 17.5. The Labute approximate surface area is 237 Å². The minimum absolute atomic E-state index is 0.0240. The molecule has 1 aromatic carbocycles. The van der Waals surface area contributed by atoms with Crippen LogP contribution < -0.4 is 15.5 Å². The van der Waals surface area contributed by atoms with Crippen molar-refractivity contribution in [3.8, 4) is 11.5 Å². The number of anilines is 3. The van der Waals surface area contributed by atoms with Gasteiger partial charge in [-0.2, -0.15) is 13.2 Å². The number of morpholine rings is 1. The van der Waals surface area contributed by atoms with E-state index in [2.05, 4.69) is 20.6 Å². The van der Waals surface area contributed by atoms with E-state index in [9.17, 15) is 18.0 Å². The van der Waals surface area contributed by atoms with Crippen LogP contribution in [0.25, 0.3) is 11.5 Å². The molecule has 1 unspecified atom stereocenters. The summed E-state index contributed by atoms with van der Waals surface area (Å²) in [7, 11) is 0. The number of aliphatic imine (C=N–C) groups is 1. The van der Waals surface area contributed by atoms with Gasteiger partial charge in [-0.25, -0.2) is 9.98 Å². The number of aryl methyl sites for hydroxylation is 1. The fraction of sp³-hybridized carbons (Fsp3) is 0.286. The van der Waals surface area contributed by atoms with Gasteiger partial charge in [-0.3, -0.25) is 9.78 Å². The summed E-state index contributed by atoms with van der Waals surface area (Å²) < 4.78 is 51.8. The Morgan fingerprint density at radius 1 is 1.10 bits per heavy atom. The summed E-state index contributed by atoms with van der Waals surface area (Å²) in [5, 5.41) is 6.60. The van der Waals surface area contributed by atoms with Gasteiger partial charge in [-0.15, -0.1) is 11.3 Å². The van der Waals surface area contributed by atoms with Crippen molar-refractivity contribution < 1.29 is 27.1 Å². The van der Waals surface area contributed by atoms with Crippen molar-refractivity contribution >= 4 is 39.7 Å². The lowest BCUT2D eigenvalue weighted by Gasteiger charge is -2.30. The SMILES string of the molecule is Cc1sc2c(c1C)C(c1ccccc1)=NC(Nc1ncc(-c3ncc(C(F)(F)F)cc3N3CCOCC3)o1)C(=O)N2. The summed E-state index contributed by atoms with van der Waals surface area (Å²) >= 11 is 1.48. The second kappa shape index (κ2) is 10.6. The van der Waals surface area contributed by atoms with Crippen LogP contribution in [0.4, 0.5) is 29.9 Å². The number of rotatable bonds is 5.